The van der Waals surface area contributed by atoms with Crippen LogP contribution in [0.25, 0.3) is 0 Å². The molecule has 1 aromatic heterocycles. The molecular weight excluding hydrogens is 262 g/mol. The second-order valence-corrected chi connectivity index (χ2v) is 6.82. The lowest BCUT2D eigenvalue weighted by molar-refractivity contribution is 0.257. The second kappa shape index (κ2) is 7.18. The smallest absolute Gasteiger partial charge is 0.225 e. The van der Waals surface area contributed by atoms with Crippen LogP contribution in [0.15, 0.2) is 12.4 Å². The highest BCUT2D eigenvalue weighted by atomic mass is 15.3. The van der Waals surface area contributed by atoms with E-state index in [-0.39, 0.29) is 5.54 Å². The standard InChI is InChI=1S/C16H29N5/c1-5-6-20-7-9-21(10-8-20)15-17-11-14(12-18-15)13-19-16(2,3)4/h11-12,19H,5-10,13H2,1-4H3. The molecule has 0 spiro atoms. The molecule has 1 aliphatic heterocycles. The third-order valence-corrected chi connectivity index (χ3v) is 3.71. The minimum Gasteiger partial charge on any atom is -0.338 e. The van der Waals surface area contributed by atoms with Crippen LogP contribution in [0.1, 0.15) is 39.7 Å². The molecule has 2 heterocycles. The molecule has 118 valence electrons. The predicted octanol–water partition coefficient (Wildman–Crippen LogP) is 1.90. The minimum absolute atomic E-state index is 0.119. The predicted molar refractivity (Wildman–Crippen MR) is 87.6 cm³/mol. The van der Waals surface area contributed by atoms with Crippen molar-refractivity contribution in [3.63, 3.8) is 0 Å². The van der Waals surface area contributed by atoms with Gasteiger partial charge in [-0.15, -0.1) is 0 Å². The van der Waals surface area contributed by atoms with Gasteiger partial charge in [0.25, 0.3) is 0 Å². The van der Waals surface area contributed by atoms with E-state index in [1.807, 2.05) is 12.4 Å². The summed E-state index contributed by atoms with van der Waals surface area (Å²) in [5.74, 6) is 0.866. The summed E-state index contributed by atoms with van der Waals surface area (Å²) in [6.07, 6.45) is 5.12. The van der Waals surface area contributed by atoms with Crippen LogP contribution in [-0.4, -0.2) is 53.1 Å². The van der Waals surface area contributed by atoms with Crippen molar-refractivity contribution in [2.45, 2.75) is 46.2 Å². The van der Waals surface area contributed by atoms with Gasteiger partial charge in [0.1, 0.15) is 0 Å². The van der Waals surface area contributed by atoms with Gasteiger partial charge in [0.2, 0.25) is 5.95 Å². The number of nitrogens with one attached hydrogen (secondary N) is 1. The van der Waals surface area contributed by atoms with Crippen LogP contribution < -0.4 is 10.2 Å². The fourth-order valence-corrected chi connectivity index (χ4v) is 2.46. The van der Waals surface area contributed by atoms with Gasteiger partial charge in [-0.05, 0) is 33.7 Å². The lowest BCUT2D eigenvalue weighted by atomic mass is 10.1. The number of piperazine rings is 1. The molecule has 5 nitrogen and oxygen atoms in total. The maximum atomic E-state index is 4.53. The van der Waals surface area contributed by atoms with E-state index in [0.717, 1.165) is 44.2 Å². The van der Waals surface area contributed by atoms with Gasteiger partial charge in [-0.3, -0.25) is 4.90 Å². The van der Waals surface area contributed by atoms with Gasteiger partial charge in [-0.1, -0.05) is 6.92 Å². The molecule has 0 saturated carbocycles. The molecule has 1 aromatic rings. The van der Waals surface area contributed by atoms with Gasteiger partial charge in [-0.2, -0.15) is 0 Å². The topological polar surface area (TPSA) is 44.3 Å². The maximum absolute atomic E-state index is 4.53. The average Bonchev–Trinajstić information content (AvgIpc) is 2.46. The Balaban J connectivity index is 1.85. The molecule has 1 aliphatic rings. The van der Waals surface area contributed by atoms with Crippen molar-refractivity contribution in [2.75, 3.05) is 37.6 Å². The molecule has 1 N–H and O–H groups in total. The molecule has 0 unspecified atom stereocenters. The Morgan fingerprint density at radius 2 is 1.71 bits per heavy atom. The molecule has 2 rings (SSSR count). The maximum Gasteiger partial charge on any atom is 0.225 e. The molecule has 21 heavy (non-hydrogen) atoms. The van der Waals surface area contributed by atoms with E-state index >= 15 is 0 Å². The Kier molecular flexibility index (Phi) is 5.53. The van der Waals surface area contributed by atoms with E-state index in [9.17, 15) is 0 Å². The number of nitrogens with zero attached hydrogens (tertiary/aromatic N) is 4. The molecule has 1 fully saturated rings. The van der Waals surface area contributed by atoms with Crippen molar-refractivity contribution in [3.8, 4) is 0 Å². The number of rotatable bonds is 5. The largest absolute Gasteiger partial charge is 0.338 e. The number of hydrogen-bond acceptors (Lipinski definition) is 5. The second-order valence-electron chi connectivity index (χ2n) is 6.82. The number of hydrogen-bond donors (Lipinski definition) is 1. The molecule has 0 bridgehead atoms. The van der Waals surface area contributed by atoms with Crippen molar-refractivity contribution in [3.05, 3.63) is 18.0 Å². The van der Waals surface area contributed by atoms with Gasteiger partial charge in [-0.25, -0.2) is 9.97 Å². The summed E-state index contributed by atoms with van der Waals surface area (Å²) >= 11 is 0. The van der Waals surface area contributed by atoms with Gasteiger partial charge >= 0.3 is 0 Å². The highest BCUT2D eigenvalue weighted by Crippen LogP contribution is 2.11. The van der Waals surface area contributed by atoms with Crippen LogP contribution in [0, 0.1) is 0 Å². The van der Waals surface area contributed by atoms with Crippen LogP contribution in [0.4, 0.5) is 5.95 Å². The Hall–Kier alpha value is -1.20. The van der Waals surface area contributed by atoms with Crippen molar-refractivity contribution >= 4 is 5.95 Å². The van der Waals surface area contributed by atoms with E-state index < -0.39 is 0 Å². The minimum atomic E-state index is 0.119. The lowest BCUT2D eigenvalue weighted by Gasteiger charge is -2.34. The lowest BCUT2D eigenvalue weighted by Crippen LogP contribution is -2.47. The summed E-state index contributed by atoms with van der Waals surface area (Å²) in [5, 5.41) is 3.46. The molecule has 0 amide bonds. The summed E-state index contributed by atoms with van der Waals surface area (Å²) < 4.78 is 0. The fraction of sp³-hybridized carbons (Fsp3) is 0.750. The van der Waals surface area contributed by atoms with E-state index in [0.29, 0.717) is 0 Å². The summed E-state index contributed by atoms with van der Waals surface area (Å²) in [5.41, 5.74) is 1.26. The average molecular weight is 291 g/mol. The fourth-order valence-electron chi connectivity index (χ4n) is 2.46. The van der Waals surface area contributed by atoms with E-state index in [2.05, 4.69) is 52.8 Å². The first kappa shape index (κ1) is 16.2. The van der Waals surface area contributed by atoms with E-state index in [1.54, 1.807) is 0 Å². The zero-order valence-electron chi connectivity index (χ0n) is 13.9. The Morgan fingerprint density at radius 1 is 1.10 bits per heavy atom. The molecule has 1 saturated heterocycles. The SMILES string of the molecule is CCCN1CCN(c2ncc(CNC(C)(C)C)cn2)CC1. The number of aromatic nitrogens is 2. The van der Waals surface area contributed by atoms with Gasteiger partial charge in [0, 0.05) is 56.2 Å². The first-order valence-electron chi connectivity index (χ1n) is 8.01. The van der Waals surface area contributed by atoms with Crippen molar-refractivity contribution in [1.29, 1.82) is 0 Å². The summed E-state index contributed by atoms with van der Waals surface area (Å²) in [7, 11) is 0. The summed E-state index contributed by atoms with van der Waals surface area (Å²) in [6, 6.07) is 0. The zero-order chi connectivity index (χ0) is 15.3. The van der Waals surface area contributed by atoms with Gasteiger partial charge < -0.3 is 10.2 Å². The first-order valence-corrected chi connectivity index (χ1v) is 8.01. The Labute approximate surface area is 128 Å². The van der Waals surface area contributed by atoms with Gasteiger partial charge in [0.05, 0.1) is 0 Å². The Morgan fingerprint density at radius 3 is 2.24 bits per heavy atom. The van der Waals surface area contributed by atoms with Crippen LogP contribution in [0.5, 0.6) is 0 Å². The van der Waals surface area contributed by atoms with E-state index in [1.165, 1.54) is 13.0 Å². The zero-order valence-corrected chi connectivity index (χ0v) is 13.9. The van der Waals surface area contributed by atoms with Crippen molar-refractivity contribution < 1.29 is 0 Å². The summed E-state index contributed by atoms with van der Waals surface area (Å²) in [6.45, 7) is 15.0. The van der Waals surface area contributed by atoms with Crippen LogP contribution in [0.2, 0.25) is 0 Å². The third-order valence-electron chi connectivity index (χ3n) is 3.71. The molecule has 0 atom stereocenters. The number of anilines is 1. The third kappa shape index (κ3) is 5.25. The van der Waals surface area contributed by atoms with Gasteiger partial charge in [0.15, 0.2) is 0 Å². The van der Waals surface area contributed by atoms with Crippen molar-refractivity contribution in [1.82, 2.24) is 20.2 Å². The highest BCUT2D eigenvalue weighted by molar-refractivity contribution is 5.30. The van der Waals surface area contributed by atoms with Crippen molar-refractivity contribution in [2.24, 2.45) is 0 Å². The molecule has 0 aromatic carbocycles. The quantitative estimate of drug-likeness (QED) is 0.897. The molecule has 5 heteroatoms. The normalized spacial score (nSPS) is 17.2. The highest BCUT2D eigenvalue weighted by Gasteiger charge is 2.18. The first-order chi connectivity index (χ1) is 9.98. The summed E-state index contributed by atoms with van der Waals surface area (Å²) in [4.78, 5) is 13.9. The van der Waals surface area contributed by atoms with E-state index in [4.69, 9.17) is 0 Å². The molecule has 0 radical (unpaired) electrons. The molecule has 0 aliphatic carbocycles. The Bertz CT molecular complexity index is 415. The van der Waals surface area contributed by atoms with Crippen LogP contribution >= 0.6 is 0 Å². The van der Waals surface area contributed by atoms with Crippen LogP contribution in [-0.2, 0) is 6.54 Å². The monoisotopic (exact) mass is 291 g/mol. The van der Waals surface area contributed by atoms with Crippen LogP contribution in [0.3, 0.4) is 0 Å². The molecular formula is C16H29N5.